The van der Waals surface area contributed by atoms with Crippen LogP contribution in [0.2, 0.25) is 0 Å². The van der Waals surface area contributed by atoms with Crippen LogP contribution in [0, 0.1) is 11.8 Å². The van der Waals surface area contributed by atoms with E-state index in [-0.39, 0.29) is 5.92 Å². The molecule has 0 spiro atoms. The first-order valence-corrected chi connectivity index (χ1v) is 6.52. The third-order valence-corrected chi connectivity index (χ3v) is 3.55. The normalized spacial score (nSPS) is 28.3. The second-order valence-electron chi connectivity index (χ2n) is 6.25. The van der Waals surface area contributed by atoms with Crippen LogP contribution in [-0.2, 0) is 9.53 Å². The van der Waals surface area contributed by atoms with Gasteiger partial charge in [-0.25, -0.2) is 9.59 Å². The van der Waals surface area contributed by atoms with Gasteiger partial charge in [0.2, 0.25) is 0 Å². The minimum atomic E-state index is -0.907. The van der Waals surface area contributed by atoms with E-state index in [2.05, 4.69) is 0 Å². The standard InChI is InChI=1S/C13H21NO4/c1-13(2,3)18-12(17)14-7-6-9(8-4-5-8)10(14)11(15)16/h8-10H,4-7H2,1-3H3,(H,15,16)/t9-,10+/m1/s1. The van der Waals surface area contributed by atoms with Gasteiger partial charge < -0.3 is 9.84 Å². The molecule has 1 aliphatic heterocycles. The minimum absolute atomic E-state index is 0.106. The number of rotatable bonds is 2. The van der Waals surface area contributed by atoms with Crippen molar-refractivity contribution in [3.8, 4) is 0 Å². The molecule has 0 aromatic carbocycles. The average Bonchev–Trinajstić information content (AvgIpc) is 2.93. The lowest BCUT2D eigenvalue weighted by molar-refractivity contribution is -0.143. The highest BCUT2D eigenvalue weighted by molar-refractivity contribution is 5.81. The molecule has 1 aliphatic carbocycles. The number of likely N-dealkylation sites (tertiary alicyclic amines) is 1. The number of ether oxygens (including phenoxy) is 1. The summed E-state index contributed by atoms with van der Waals surface area (Å²) in [4.78, 5) is 24.8. The van der Waals surface area contributed by atoms with Crippen LogP contribution in [0.5, 0.6) is 0 Å². The molecular formula is C13H21NO4. The van der Waals surface area contributed by atoms with Gasteiger partial charge in [0, 0.05) is 6.54 Å². The Morgan fingerprint density at radius 3 is 2.28 bits per heavy atom. The number of nitrogens with zero attached hydrogens (tertiary/aromatic N) is 1. The molecular weight excluding hydrogens is 234 g/mol. The first-order chi connectivity index (χ1) is 8.29. The van der Waals surface area contributed by atoms with Crippen LogP contribution in [0.4, 0.5) is 4.79 Å². The lowest BCUT2D eigenvalue weighted by Gasteiger charge is -2.28. The number of carbonyl (C=O) groups excluding carboxylic acids is 1. The first kappa shape index (κ1) is 13.2. The summed E-state index contributed by atoms with van der Waals surface area (Å²) in [6, 6.07) is -0.702. The molecule has 1 heterocycles. The van der Waals surface area contributed by atoms with Crippen molar-refractivity contribution in [2.45, 2.75) is 51.7 Å². The number of amides is 1. The molecule has 1 amide bonds. The molecule has 0 radical (unpaired) electrons. The summed E-state index contributed by atoms with van der Waals surface area (Å²) < 4.78 is 5.27. The van der Waals surface area contributed by atoms with E-state index in [1.807, 2.05) is 0 Å². The number of carboxylic acid groups (broad SMARTS) is 1. The van der Waals surface area contributed by atoms with E-state index >= 15 is 0 Å². The maximum Gasteiger partial charge on any atom is 0.411 e. The van der Waals surface area contributed by atoms with Gasteiger partial charge in [-0.2, -0.15) is 0 Å². The quantitative estimate of drug-likeness (QED) is 0.820. The van der Waals surface area contributed by atoms with Gasteiger partial charge in [0.15, 0.2) is 0 Å². The fourth-order valence-electron chi connectivity index (χ4n) is 2.68. The molecule has 0 aromatic rings. The topological polar surface area (TPSA) is 66.8 Å². The van der Waals surface area contributed by atoms with Crippen molar-refractivity contribution < 1.29 is 19.4 Å². The Balaban J connectivity index is 2.07. The SMILES string of the molecule is CC(C)(C)OC(=O)N1CC[C@H](C2CC2)[C@H]1C(=O)O. The second kappa shape index (κ2) is 4.44. The zero-order valence-electron chi connectivity index (χ0n) is 11.2. The van der Waals surface area contributed by atoms with Crippen molar-refractivity contribution in [1.82, 2.24) is 4.90 Å². The van der Waals surface area contributed by atoms with Gasteiger partial charge in [0.1, 0.15) is 11.6 Å². The van der Waals surface area contributed by atoms with Crippen molar-refractivity contribution in [3.05, 3.63) is 0 Å². The van der Waals surface area contributed by atoms with Crippen LogP contribution >= 0.6 is 0 Å². The summed E-state index contributed by atoms with van der Waals surface area (Å²) >= 11 is 0. The highest BCUT2D eigenvalue weighted by atomic mass is 16.6. The molecule has 102 valence electrons. The van der Waals surface area contributed by atoms with E-state index in [1.165, 1.54) is 4.90 Å². The summed E-state index contributed by atoms with van der Waals surface area (Å²) in [7, 11) is 0. The van der Waals surface area contributed by atoms with Gasteiger partial charge in [-0.3, -0.25) is 4.90 Å². The predicted octanol–water partition coefficient (Wildman–Crippen LogP) is 2.11. The molecule has 18 heavy (non-hydrogen) atoms. The van der Waals surface area contributed by atoms with Gasteiger partial charge in [-0.1, -0.05) is 0 Å². The molecule has 0 unspecified atom stereocenters. The van der Waals surface area contributed by atoms with Crippen molar-refractivity contribution in [2.75, 3.05) is 6.54 Å². The lowest BCUT2D eigenvalue weighted by Crippen LogP contribution is -2.45. The second-order valence-corrected chi connectivity index (χ2v) is 6.25. The third-order valence-electron chi connectivity index (χ3n) is 3.55. The van der Waals surface area contributed by atoms with Crippen LogP contribution in [0.3, 0.4) is 0 Å². The number of carbonyl (C=O) groups is 2. The Hall–Kier alpha value is -1.26. The Morgan fingerprint density at radius 1 is 1.22 bits per heavy atom. The molecule has 0 bridgehead atoms. The predicted molar refractivity (Wildman–Crippen MR) is 65.2 cm³/mol. The van der Waals surface area contributed by atoms with E-state index in [0.717, 1.165) is 19.3 Å². The van der Waals surface area contributed by atoms with Gasteiger partial charge >= 0.3 is 12.1 Å². The maximum absolute atomic E-state index is 12.0. The molecule has 0 aromatic heterocycles. The van der Waals surface area contributed by atoms with Crippen LogP contribution in [0.15, 0.2) is 0 Å². The highest BCUT2D eigenvalue weighted by Crippen LogP contribution is 2.44. The Morgan fingerprint density at radius 2 is 1.83 bits per heavy atom. The molecule has 2 rings (SSSR count). The summed E-state index contributed by atoms with van der Waals surface area (Å²) in [5.41, 5.74) is -0.586. The molecule has 5 heteroatoms. The van der Waals surface area contributed by atoms with Crippen molar-refractivity contribution in [3.63, 3.8) is 0 Å². The number of aliphatic carboxylic acids is 1. The Labute approximate surface area is 107 Å². The molecule has 2 fully saturated rings. The average molecular weight is 255 g/mol. The third kappa shape index (κ3) is 2.76. The van der Waals surface area contributed by atoms with Crippen molar-refractivity contribution in [2.24, 2.45) is 11.8 Å². The number of hydrogen-bond donors (Lipinski definition) is 1. The summed E-state index contributed by atoms with van der Waals surface area (Å²) in [5.74, 6) is -0.316. The van der Waals surface area contributed by atoms with E-state index in [4.69, 9.17) is 4.74 Å². The highest BCUT2D eigenvalue weighted by Gasteiger charge is 2.49. The lowest BCUT2D eigenvalue weighted by atomic mass is 9.95. The molecule has 2 atom stereocenters. The fraction of sp³-hybridized carbons (Fsp3) is 0.846. The fourth-order valence-corrected chi connectivity index (χ4v) is 2.68. The number of hydrogen-bond acceptors (Lipinski definition) is 3. The zero-order chi connectivity index (χ0) is 13.5. The van der Waals surface area contributed by atoms with Crippen molar-refractivity contribution >= 4 is 12.1 Å². The smallest absolute Gasteiger partial charge is 0.411 e. The Kier molecular flexibility index (Phi) is 3.25. The molecule has 1 saturated heterocycles. The van der Waals surface area contributed by atoms with Gasteiger partial charge in [-0.15, -0.1) is 0 Å². The molecule has 1 N–H and O–H groups in total. The summed E-state index contributed by atoms with van der Waals surface area (Å²) in [6.45, 7) is 5.85. The van der Waals surface area contributed by atoms with E-state index in [9.17, 15) is 14.7 Å². The van der Waals surface area contributed by atoms with Crippen molar-refractivity contribution in [1.29, 1.82) is 0 Å². The molecule has 5 nitrogen and oxygen atoms in total. The van der Waals surface area contributed by atoms with E-state index in [0.29, 0.717) is 12.5 Å². The maximum atomic E-state index is 12.0. The molecule has 1 saturated carbocycles. The largest absolute Gasteiger partial charge is 0.480 e. The zero-order valence-corrected chi connectivity index (χ0v) is 11.2. The van der Waals surface area contributed by atoms with Gasteiger partial charge in [-0.05, 0) is 51.9 Å². The van der Waals surface area contributed by atoms with Gasteiger partial charge in [0.05, 0.1) is 0 Å². The first-order valence-electron chi connectivity index (χ1n) is 6.52. The monoisotopic (exact) mass is 255 g/mol. The molecule has 2 aliphatic rings. The number of carboxylic acids is 1. The summed E-state index contributed by atoms with van der Waals surface area (Å²) in [5, 5.41) is 9.33. The van der Waals surface area contributed by atoms with Gasteiger partial charge in [0.25, 0.3) is 0 Å². The Bertz CT molecular complexity index is 356. The van der Waals surface area contributed by atoms with E-state index < -0.39 is 23.7 Å². The van der Waals surface area contributed by atoms with Crippen LogP contribution < -0.4 is 0 Å². The van der Waals surface area contributed by atoms with Crippen LogP contribution in [0.25, 0.3) is 0 Å². The summed E-state index contributed by atoms with van der Waals surface area (Å²) in [6.07, 6.45) is 2.46. The van der Waals surface area contributed by atoms with E-state index in [1.54, 1.807) is 20.8 Å². The minimum Gasteiger partial charge on any atom is -0.480 e. The van der Waals surface area contributed by atoms with Crippen LogP contribution in [-0.4, -0.2) is 40.3 Å². The van der Waals surface area contributed by atoms with Crippen LogP contribution in [0.1, 0.15) is 40.0 Å².